The molecular weight excluding hydrogens is 224 g/mol. The van der Waals surface area contributed by atoms with Gasteiger partial charge in [0, 0.05) is 14.0 Å². The second kappa shape index (κ2) is 3.99. The van der Waals surface area contributed by atoms with Gasteiger partial charge in [-0.15, -0.1) is 0 Å². The van der Waals surface area contributed by atoms with Crippen molar-refractivity contribution in [2.45, 2.75) is 31.7 Å². The number of nitrogens with zero attached hydrogens (tertiary/aromatic N) is 3. The molecule has 0 saturated heterocycles. The Kier molecular flexibility index (Phi) is 2.78. The van der Waals surface area contributed by atoms with Crippen molar-refractivity contribution in [3.05, 3.63) is 15.9 Å². The van der Waals surface area contributed by atoms with Crippen molar-refractivity contribution in [1.29, 1.82) is 0 Å². The summed E-state index contributed by atoms with van der Waals surface area (Å²) in [6, 6.07) is 0. The van der Waals surface area contributed by atoms with Crippen LogP contribution in [0.25, 0.3) is 0 Å². The smallest absolute Gasteiger partial charge is 0.394 e. The molecule has 1 aromatic rings. The molecule has 0 bridgehead atoms. The number of anilines is 1. The molecule has 1 aromatic heterocycles. The predicted octanol–water partition coefficient (Wildman–Crippen LogP) is 0.964. The van der Waals surface area contributed by atoms with Crippen LogP contribution < -0.4 is 5.32 Å². The van der Waals surface area contributed by atoms with Crippen LogP contribution in [-0.2, 0) is 7.05 Å². The molecule has 0 unspecified atom stereocenters. The van der Waals surface area contributed by atoms with Gasteiger partial charge in [0.1, 0.15) is 0 Å². The van der Waals surface area contributed by atoms with Crippen LogP contribution >= 0.6 is 0 Å². The number of hydrogen-bond donors (Lipinski definition) is 2. The minimum absolute atomic E-state index is 0.0195. The van der Waals surface area contributed by atoms with Gasteiger partial charge in [-0.3, -0.25) is 4.57 Å². The third-order valence-corrected chi connectivity index (χ3v) is 3.47. The summed E-state index contributed by atoms with van der Waals surface area (Å²) in [7, 11) is 1.72. The molecule has 17 heavy (non-hydrogen) atoms. The molecule has 0 spiro atoms. The number of nitrogens with one attached hydrogen (secondary N) is 1. The molecule has 1 saturated carbocycles. The number of hydrogen-bond acceptors (Lipinski definition) is 5. The second-order valence-electron chi connectivity index (χ2n) is 4.56. The van der Waals surface area contributed by atoms with Gasteiger partial charge in [-0.25, -0.2) is 0 Å². The molecule has 2 rings (SSSR count). The fraction of sp³-hybridized carbons (Fsp3) is 0.700. The summed E-state index contributed by atoms with van der Waals surface area (Å²) in [5.74, 6) is 0.776. The maximum Gasteiger partial charge on any atom is 0.406 e. The van der Waals surface area contributed by atoms with Gasteiger partial charge in [0.15, 0.2) is 0 Å². The van der Waals surface area contributed by atoms with Crippen molar-refractivity contribution in [1.82, 2.24) is 9.55 Å². The first-order valence-electron chi connectivity index (χ1n) is 5.56. The third kappa shape index (κ3) is 1.86. The summed E-state index contributed by atoms with van der Waals surface area (Å²) >= 11 is 0. The molecule has 7 heteroatoms. The molecule has 0 radical (unpaired) electrons. The quantitative estimate of drug-likeness (QED) is 0.604. The summed E-state index contributed by atoms with van der Waals surface area (Å²) in [6.07, 6.45) is 2.67. The zero-order chi connectivity index (χ0) is 12.6. The maximum absolute atomic E-state index is 10.9. The molecule has 2 N–H and O–H groups in total. The van der Waals surface area contributed by atoms with E-state index in [9.17, 15) is 15.2 Å². The number of imidazole rings is 1. The summed E-state index contributed by atoms with van der Waals surface area (Å²) in [4.78, 5) is 14.3. The summed E-state index contributed by atoms with van der Waals surface area (Å²) in [5, 5.41) is 23.3. The van der Waals surface area contributed by atoms with Gasteiger partial charge in [0.05, 0.1) is 12.1 Å². The molecule has 0 aliphatic heterocycles. The normalized spacial score (nSPS) is 17.6. The van der Waals surface area contributed by atoms with E-state index in [0.29, 0.717) is 11.6 Å². The fourth-order valence-corrected chi connectivity index (χ4v) is 2.04. The molecule has 0 amide bonds. The lowest BCUT2D eigenvalue weighted by Gasteiger charge is -2.41. The Morgan fingerprint density at radius 2 is 2.29 bits per heavy atom. The first kappa shape index (κ1) is 11.8. The van der Waals surface area contributed by atoms with Crippen LogP contribution in [-0.4, -0.2) is 31.7 Å². The SMILES string of the molecule is Cc1nc([N+](=O)[O-])c(NC2(CO)CCC2)n1C. The highest BCUT2D eigenvalue weighted by atomic mass is 16.6. The maximum atomic E-state index is 10.9. The van der Waals surface area contributed by atoms with Gasteiger partial charge in [0.2, 0.25) is 11.6 Å². The lowest BCUT2D eigenvalue weighted by molar-refractivity contribution is -0.388. The highest BCUT2D eigenvalue weighted by molar-refractivity contribution is 5.55. The van der Waals surface area contributed by atoms with Crippen molar-refractivity contribution < 1.29 is 10.0 Å². The topological polar surface area (TPSA) is 93.2 Å². The van der Waals surface area contributed by atoms with Crippen molar-refractivity contribution in [3.63, 3.8) is 0 Å². The van der Waals surface area contributed by atoms with Crippen LogP contribution in [0.1, 0.15) is 25.1 Å². The van der Waals surface area contributed by atoms with Crippen LogP contribution in [0.15, 0.2) is 0 Å². The Morgan fingerprint density at radius 3 is 2.71 bits per heavy atom. The first-order chi connectivity index (χ1) is 7.99. The van der Waals surface area contributed by atoms with Crippen molar-refractivity contribution >= 4 is 11.6 Å². The Bertz CT molecular complexity index is 445. The molecular formula is C10H16N4O3. The number of aliphatic hydroxyl groups excluding tert-OH is 1. The summed E-state index contributed by atoms with van der Waals surface area (Å²) in [6.45, 7) is 1.69. The van der Waals surface area contributed by atoms with Gasteiger partial charge < -0.3 is 20.5 Å². The van der Waals surface area contributed by atoms with E-state index in [1.807, 2.05) is 0 Å². The average molecular weight is 240 g/mol. The zero-order valence-corrected chi connectivity index (χ0v) is 9.93. The van der Waals surface area contributed by atoms with Gasteiger partial charge >= 0.3 is 5.82 Å². The standard InChI is InChI=1S/C10H16N4O3/c1-7-11-8(14(16)17)9(13(7)2)12-10(6-15)4-3-5-10/h12,15H,3-6H2,1-2H3. The van der Waals surface area contributed by atoms with Gasteiger partial charge in [-0.05, 0) is 29.2 Å². The first-order valence-corrected chi connectivity index (χ1v) is 5.56. The number of nitro groups is 1. The number of rotatable bonds is 4. The fourth-order valence-electron chi connectivity index (χ4n) is 2.04. The van der Waals surface area contributed by atoms with Gasteiger partial charge in [-0.2, -0.15) is 0 Å². The lowest BCUT2D eigenvalue weighted by Crippen LogP contribution is -2.48. The summed E-state index contributed by atoms with van der Waals surface area (Å²) < 4.78 is 1.65. The predicted molar refractivity (Wildman–Crippen MR) is 61.9 cm³/mol. The molecule has 0 aromatic carbocycles. The van der Waals surface area contributed by atoms with E-state index in [1.54, 1.807) is 18.5 Å². The largest absolute Gasteiger partial charge is 0.406 e. The van der Waals surface area contributed by atoms with E-state index in [-0.39, 0.29) is 12.4 Å². The molecule has 1 aliphatic carbocycles. The van der Waals surface area contributed by atoms with Crippen LogP contribution in [0.4, 0.5) is 11.6 Å². The Balaban J connectivity index is 2.34. The summed E-state index contributed by atoms with van der Waals surface area (Å²) in [5.41, 5.74) is -0.412. The van der Waals surface area contributed by atoms with E-state index in [2.05, 4.69) is 10.3 Å². The van der Waals surface area contributed by atoms with E-state index in [4.69, 9.17) is 0 Å². The van der Waals surface area contributed by atoms with Crippen molar-refractivity contribution in [2.75, 3.05) is 11.9 Å². The molecule has 0 atom stereocenters. The van der Waals surface area contributed by atoms with Gasteiger partial charge in [-0.1, -0.05) is 0 Å². The Hall–Kier alpha value is -1.63. The highest BCUT2D eigenvalue weighted by Gasteiger charge is 2.39. The molecule has 94 valence electrons. The minimum atomic E-state index is -0.501. The number of aliphatic hydroxyl groups is 1. The third-order valence-electron chi connectivity index (χ3n) is 3.47. The molecule has 7 nitrogen and oxygen atoms in total. The Labute approximate surface area is 98.6 Å². The molecule has 1 fully saturated rings. The van der Waals surface area contributed by atoms with Crippen molar-refractivity contribution in [3.8, 4) is 0 Å². The average Bonchev–Trinajstić information content (AvgIpc) is 2.51. The van der Waals surface area contributed by atoms with Crippen LogP contribution in [0.2, 0.25) is 0 Å². The minimum Gasteiger partial charge on any atom is -0.394 e. The van der Waals surface area contributed by atoms with Gasteiger partial charge in [0.25, 0.3) is 0 Å². The lowest BCUT2D eigenvalue weighted by atomic mass is 9.77. The molecule has 1 aliphatic rings. The zero-order valence-electron chi connectivity index (χ0n) is 9.93. The van der Waals surface area contributed by atoms with Crippen LogP contribution in [0, 0.1) is 17.0 Å². The van der Waals surface area contributed by atoms with E-state index in [0.717, 1.165) is 19.3 Å². The number of aromatic nitrogens is 2. The highest BCUT2D eigenvalue weighted by Crippen LogP contribution is 2.37. The number of aryl methyl sites for hydroxylation is 1. The van der Waals surface area contributed by atoms with E-state index >= 15 is 0 Å². The van der Waals surface area contributed by atoms with Crippen LogP contribution in [0.5, 0.6) is 0 Å². The monoisotopic (exact) mass is 240 g/mol. The van der Waals surface area contributed by atoms with Crippen molar-refractivity contribution in [2.24, 2.45) is 7.05 Å². The van der Waals surface area contributed by atoms with E-state index in [1.165, 1.54) is 0 Å². The molecule has 1 heterocycles. The van der Waals surface area contributed by atoms with E-state index < -0.39 is 10.5 Å². The Morgan fingerprint density at radius 1 is 1.65 bits per heavy atom. The second-order valence-corrected chi connectivity index (χ2v) is 4.56. The van der Waals surface area contributed by atoms with Crippen LogP contribution in [0.3, 0.4) is 0 Å².